The van der Waals surface area contributed by atoms with Gasteiger partial charge in [0, 0.05) is 10.8 Å². The molecule has 0 unspecified atom stereocenters. The summed E-state index contributed by atoms with van der Waals surface area (Å²) in [5, 5.41) is 5.24. The molecule has 0 N–H and O–H groups in total. The molecule has 13 aromatic rings. The van der Waals surface area contributed by atoms with Gasteiger partial charge in [-0.1, -0.05) is 270 Å². The maximum atomic E-state index is 2.47. The summed E-state index contributed by atoms with van der Waals surface area (Å²) in [4.78, 5) is 0. The molecule has 0 bridgehead atoms. The highest BCUT2D eigenvalue weighted by Crippen LogP contribution is 2.54. The number of hydrogen-bond acceptors (Lipinski definition) is 0. The number of benzene rings is 13. The van der Waals surface area contributed by atoms with E-state index in [9.17, 15) is 0 Å². The Hall–Kier alpha value is -9.62. The van der Waals surface area contributed by atoms with Gasteiger partial charge in [-0.15, -0.1) is 0 Å². The van der Waals surface area contributed by atoms with Crippen molar-refractivity contribution in [2.24, 2.45) is 0 Å². The van der Waals surface area contributed by atoms with Crippen molar-refractivity contribution < 1.29 is 0 Å². The summed E-state index contributed by atoms with van der Waals surface area (Å²) in [6.07, 6.45) is 0. The van der Waals surface area contributed by atoms with E-state index < -0.39 is 0 Å². The molecule has 0 nitrogen and oxygen atoms in total. The summed E-state index contributed by atoms with van der Waals surface area (Å²) in [6, 6.07) is 100. The quantitative estimate of drug-likeness (QED) is 0.149. The molecule has 0 saturated heterocycles. The van der Waals surface area contributed by atoms with E-state index in [1.165, 1.54) is 166 Å². The van der Waals surface area contributed by atoms with Crippen molar-refractivity contribution in [1.82, 2.24) is 0 Å². The van der Waals surface area contributed by atoms with Crippen LogP contribution in [0, 0.1) is 0 Å². The molecule has 0 heterocycles. The molecular formula is C80H56. The lowest BCUT2D eigenvalue weighted by molar-refractivity contribution is 0.660. The van der Waals surface area contributed by atoms with Crippen LogP contribution in [-0.4, -0.2) is 0 Å². The molecule has 0 aromatic heterocycles. The predicted octanol–water partition coefficient (Wildman–Crippen LogP) is 21.9. The van der Waals surface area contributed by atoms with Crippen LogP contribution >= 0.6 is 0 Å². The van der Waals surface area contributed by atoms with Gasteiger partial charge in [-0.25, -0.2) is 0 Å². The minimum Gasteiger partial charge on any atom is -0.0616 e. The van der Waals surface area contributed by atoms with Gasteiger partial charge in [0.2, 0.25) is 0 Å². The minimum atomic E-state index is -0.155. The Morgan fingerprint density at radius 1 is 0.188 bits per heavy atom. The van der Waals surface area contributed by atoms with Crippen LogP contribution in [0.1, 0.15) is 49.9 Å². The van der Waals surface area contributed by atoms with Crippen LogP contribution in [0.15, 0.2) is 267 Å². The van der Waals surface area contributed by atoms with Crippen LogP contribution in [0.4, 0.5) is 0 Å². The SMILES string of the molecule is CC1(C)c2cc(-c3ccc(-c4ccc(-c5ccc(-c6cccc7ccccc67)cc5)cc4)cc3)ccc2-c2ccc(-c3ccc4c(c3)C(C)(C)c3cc(-c5ccc(-c6ccc7c8c(cccc68)-c6ccccc6-7)cc5)ccc3-4)cc21. The van der Waals surface area contributed by atoms with Gasteiger partial charge < -0.3 is 0 Å². The molecule has 0 aliphatic heterocycles. The molecule has 0 spiro atoms. The maximum Gasteiger partial charge on any atom is 0.0159 e. The first-order valence-corrected chi connectivity index (χ1v) is 28.3. The predicted molar refractivity (Wildman–Crippen MR) is 339 cm³/mol. The normalized spacial score (nSPS) is 13.7. The van der Waals surface area contributed by atoms with Crippen molar-refractivity contribution in [3.05, 3.63) is 289 Å². The summed E-state index contributed by atoms with van der Waals surface area (Å²) < 4.78 is 0. The second-order valence-corrected chi connectivity index (χ2v) is 23.6. The van der Waals surface area contributed by atoms with Crippen molar-refractivity contribution in [2.75, 3.05) is 0 Å². The smallest absolute Gasteiger partial charge is 0.0159 e. The molecule has 0 radical (unpaired) electrons. The molecule has 16 rings (SSSR count). The van der Waals surface area contributed by atoms with E-state index >= 15 is 0 Å². The van der Waals surface area contributed by atoms with Crippen LogP contribution < -0.4 is 0 Å². The fraction of sp³-hybridized carbons (Fsp3) is 0.0750. The molecule has 80 heavy (non-hydrogen) atoms. The first-order chi connectivity index (χ1) is 39.1. The Balaban J connectivity index is 0.625. The largest absolute Gasteiger partial charge is 0.0616 e. The van der Waals surface area contributed by atoms with E-state index in [1.54, 1.807) is 0 Å². The van der Waals surface area contributed by atoms with Gasteiger partial charge in [0.1, 0.15) is 0 Å². The minimum absolute atomic E-state index is 0.155. The molecule has 3 aliphatic carbocycles. The Morgan fingerprint density at radius 3 is 0.900 bits per heavy atom. The second kappa shape index (κ2) is 17.4. The molecule has 0 amide bonds. The van der Waals surface area contributed by atoms with Crippen molar-refractivity contribution in [1.29, 1.82) is 0 Å². The molecule has 3 aliphatic rings. The number of fused-ring (bicyclic) bond motifs is 10. The van der Waals surface area contributed by atoms with Crippen molar-refractivity contribution in [3.63, 3.8) is 0 Å². The van der Waals surface area contributed by atoms with Gasteiger partial charge in [0.15, 0.2) is 0 Å². The highest BCUT2D eigenvalue weighted by Gasteiger charge is 2.38. The molecule has 376 valence electrons. The first-order valence-electron chi connectivity index (χ1n) is 28.3. The highest BCUT2D eigenvalue weighted by atomic mass is 14.4. The summed E-state index contributed by atoms with van der Waals surface area (Å²) in [7, 11) is 0. The van der Waals surface area contributed by atoms with Crippen LogP contribution in [0.2, 0.25) is 0 Å². The van der Waals surface area contributed by atoms with Crippen LogP contribution in [-0.2, 0) is 10.8 Å². The lowest BCUT2D eigenvalue weighted by Crippen LogP contribution is -2.15. The van der Waals surface area contributed by atoms with E-state index in [-0.39, 0.29) is 10.8 Å². The zero-order valence-corrected chi connectivity index (χ0v) is 45.4. The summed E-state index contributed by atoms with van der Waals surface area (Å²) in [5.74, 6) is 0. The van der Waals surface area contributed by atoms with Gasteiger partial charge >= 0.3 is 0 Å². The Morgan fingerprint density at radius 2 is 0.450 bits per heavy atom. The lowest BCUT2D eigenvalue weighted by atomic mass is 9.79. The van der Waals surface area contributed by atoms with Crippen LogP contribution in [0.5, 0.6) is 0 Å². The van der Waals surface area contributed by atoms with E-state index in [0.717, 1.165) is 0 Å². The lowest BCUT2D eigenvalue weighted by Gasteiger charge is -2.24. The molecule has 0 atom stereocenters. The van der Waals surface area contributed by atoms with Crippen molar-refractivity contribution in [3.8, 4) is 122 Å². The molecule has 0 heteroatoms. The van der Waals surface area contributed by atoms with Gasteiger partial charge in [-0.2, -0.15) is 0 Å². The molecule has 0 fully saturated rings. The third-order valence-electron chi connectivity index (χ3n) is 18.5. The maximum absolute atomic E-state index is 2.47. The zero-order valence-electron chi connectivity index (χ0n) is 45.4. The Bertz CT molecular complexity index is 4660. The van der Waals surface area contributed by atoms with Crippen molar-refractivity contribution in [2.45, 2.75) is 38.5 Å². The monoisotopic (exact) mass is 1020 g/mol. The van der Waals surface area contributed by atoms with Crippen molar-refractivity contribution >= 4 is 21.5 Å². The van der Waals surface area contributed by atoms with Gasteiger partial charge in [0.25, 0.3) is 0 Å². The second-order valence-electron chi connectivity index (χ2n) is 23.6. The highest BCUT2D eigenvalue weighted by molar-refractivity contribution is 6.18. The van der Waals surface area contributed by atoms with Gasteiger partial charge in [-0.05, 0) is 190 Å². The fourth-order valence-corrected chi connectivity index (χ4v) is 14.1. The average molecular weight is 1020 g/mol. The third kappa shape index (κ3) is 7.08. The number of hydrogen-bond donors (Lipinski definition) is 0. The van der Waals surface area contributed by atoms with Gasteiger partial charge in [0.05, 0.1) is 0 Å². The van der Waals surface area contributed by atoms with Crippen LogP contribution in [0.25, 0.3) is 144 Å². The Labute approximate surface area is 469 Å². The van der Waals surface area contributed by atoms with E-state index in [2.05, 4.69) is 295 Å². The Kier molecular flexibility index (Phi) is 10.1. The third-order valence-corrected chi connectivity index (χ3v) is 18.5. The fourth-order valence-electron chi connectivity index (χ4n) is 14.1. The molecular weight excluding hydrogens is 961 g/mol. The molecule has 0 saturated carbocycles. The standard InChI is InChI=1S/C80H56/c1-79(2)74-45-58(53-25-23-51(24-26-53)49-19-21-50(22-20-49)52-27-31-56(32-28-52)63-16-9-12-55-11-5-6-13-62(55)63)35-39-67(74)69-41-37-60(47-76(69)79)61-38-42-70-68-40-36-59(46-75(68)80(3,4)77(70)48-61)54-29-33-57(34-30-54)64-43-44-73-66-15-8-7-14-65(66)72-18-10-17-71(64)78(72)73/h5-48H,1-4H3. The summed E-state index contributed by atoms with van der Waals surface area (Å²) in [6.45, 7) is 9.61. The summed E-state index contributed by atoms with van der Waals surface area (Å²) >= 11 is 0. The van der Waals surface area contributed by atoms with E-state index in [0.29, 0.717) is 0 Å². The number of rotatable bonds is 7. The van der Waals surface area contributed by atoms with Crippen LogP contribution in [0.3, 0.4) is 0 Å². The van der Waals surface area contributed by atoms with Gasteiger partial charge in [-0.3, -0.25) is 0 Å². The van der Waals surface area contributed by atoms with E-state index in [1.807, 2.05) is 0 Å². The zero-order chi connectivity index (χ0) is 53.4. The topological polar surface area (TPSA) is 0 Å². The summed E-state index contributed by atoms with van der Waals surface area (Å²) in [5.41, 5.74) is 33.4. The first kappa shape index (κ1) is 46.5. The average Bonchev–Trinajstić information content (AvgIpc) is 4.15. The van der Waals surface area contributed by atoms with E-state index in [4.69, 9.17) is 0 Å². The molecule has 13 aromatic carbocycles.